The van der Waals surface area contributed by atoms with Gasteiger partial charge in [-0.3, -0.25) is 0 Å². The highest BCUT2D eigenvalue weighted by Crippen LogP contribution is 2.26. The van der Waals surface area contributed by atoms with Crippen molar-refractivity contribution in [3.63, 3.8) is 0 Å². The fourth-order valence-corrected chi connectivity index (χ4v) is 6.05. The first-order valence-corrected chi connectivity index (χ1v) is 11.4. The molecule has 27 heavy (non-hydrogen) atoms. The minimum absolute atomic E-state index is 0.233. The first-order chi connectivity index (χ1) is 12.8. The molecule has 6 nitrogen and oxygen atoms in total. The Balaban J connectivity index is 1.60. The number of nitrogens with one attached hydrogen (secondary N) is 1. The van der Waals surface area contributed by atoms with Crippen molar-refractivity contribution in [3.05, 3.63) is 28.8 Å². The van der Waals surface area contributed by atoms with Gasteiger partial charge in [0.25, 0.3) is 0 Å². The van der Waals surface area contributed by atoms with E-state index in [1.807, 2.05) is 37.8 Å². The van der Waals surface area contributed by atoms with Crippen LogP contribution in [-0.2, 0) is 14.8 Å². The van der Waals surface area contributed by atoms with Crippen LogP contribution in [-0.4, -0.2) is 68.2 Å². The lowest BCUT2D eigenvalue weighted by atomic mass is 10.1. The summed E-state index contributed by atoms with van der Waals surface area (Å²) in [5, 5.41) is 3.95. The molecular weight excluding hydrogens is 382 g/mol. The summed E-state index contributed by atoms with van der Waals surface area (Å²) in [5.74, 6) is 0. The molecule has 2 fully saturated rings. The van der Waals surface area contributed by atoms with Gasteiger partial charge in [-0.2, -0.15) is 4.31 Å². The zero-order chi connectivity index (χ0) is 19.6. The van der Waals surface area contributed by atoms with Crippen LogP contribution < -0.4 is 5.32 Å². The molecule has 8 heteroatoms. The summed E-state index contributed by atoms with van der Waals surface area (Å²) in [4.78, 5) is 2.49. The second-order valence-electron chi connectivity index (χ2n) is 7.44. The van der Waals surface area contributed by atoms with Crippen LogP contribution in [0.4, 0.5) is 0 Å². The topological polar surface area (TPSA) is 61.9 Å². The van der Waals surface area contributed by atoms with E-state index in [1.165, 1.54) is 0 Å². The minimum Gasteiger partial charge on any atom is -0.376 e. The highest BCUT2D eigenvalue weighted by molar-refractivity contribution is 7.89. The van der Waals surface area contributed by atoms with Gasteiger partial charge in [0.05, 0.1) is 11.0 Å². The Hall–Kier alpha value is -1.22. The number of hydrogen-bond acceptors (Lipinski definition) is 4. The minimum atomic E-state index is -3.49. The van der Waals surface area contributed by atoms with Gasteiger partial charge in [-0.25, -0.2) is 8.42 Å². The van der Waals surface area contributed by atoms with Crippen molar-refractivity contribution < 1.29 is 13.2 Å². The quantitative estimate of drug-likeness (QED) is 0.765. The maximum absolute atomic E-state index is 13.2. The standard InChI is InChI=1S/C19H29N3O3S2/c1-14-11-15(2)18(16(3)12-14)27(23,24)22-8-6-21(7-9-22)19(26)20-13-17-5-4-10-25-17/h11-12,17H,4-10,13H2,1-3H3,(H,20,26)/t17-/m0/s1. The van der Waals surface area contributed by atoms with Gasteiger partial charge in [0.2, 0.25) is 10.0 Å². The number of rotatable bonds is 4. The maximum atomic E-state index is 13.2. The van der Waals surface area contributed by atoms with Crippen molar-refractivity contribution in [1.29, 1.82) is 0 Å². The number of aryl methyl sites for hydroxylation is 3. The average molecular weight is 412 g/mol. The Labute approximate surface area is 167 Å². The second kappa shape index (κ2) is 8.43. The van der Waals surface area contributed by atoms with E-state index in [1.54, 1.807) is 4.31 Å². The Morgan fingerprint density at radius 1 is 1.19 bits per heavy atom. The zero-order valence-electron chi connectivity index (χ0n) is 16.3. The first-order valence-electron chi connectivity index (χ1n) is 9.51. The molecule has 1 aromatic rings. The van der Waals surface area contributed by atoms with E-state index in [2.05, 4.69) is 5.32 Å². The highest BCUT2D eigenvalue weighted by Gasteiger charge is 2.31. The van der Waals surface area contributed by atoms with E-state index in [0.29, 0.717) is 36.2 Å². The predicted molar refractivity (Wildman–Crippen MR) is 111 cm³/mol. The van der Waals surface area contributed by atoms with Crippen LogP contribution in [0.2, 0.25) is 0 Å². The molecule has 0 saturated carbocycles. The fourth-order valence-electron chi connectivity index (χ4n) is 3.95. The van der Waals surface area contributed by atoms with Crippen LogP contribution in [0.5, 0.6) is 0 Å². The summed E-state index contributed by atoms with van der Waals surface area (Å²) in [6, 6.07) is 3.86. The van der Waals surface area contributed by atoms with Gasteiger partial charge in [0.1, 0.15) is 0 Å². The average Bonchev–Trinajstić information content (AvgIpc) is 3.12. The molecule has 1 atom stereocenters. The van der Waals surface area contributed by atoms with Crippen molar-refractivity contribution in [3.8, 4) is 0 Å². The Morgan fingerprint density at radius 3 is 2.37 bits per heavy atom. The summed E-state index contributed by atoms with van der Waals surface area (Å²) in [6.07, 6.45) is 2.40. The third kappa shape index (κ3) is 4.62. The van der Waals surface area contributed by atoms with Crippen LogP contribution >= 0.6 is 12.2 Å². The van der Waals surface area contributed by atoms with Crippen molar-refractivity contribution in [2.45, 2.75) is 44.6 Å². The van der Waals surface area contributed by atoms with Gasteiger partial charge in [-0.05, 0) is 57.0 Å². The van der Waals surface area contributed by atoms with Crippen LogP contribution in [0.3, 0.4) is 0 Å². The molecule has 2 saturated heterocycles. The molecule has 3 rings (SSSR count). The lowest BCUT2D eigenvalue weighted by Gasteiger charge is -2.36. The first kappa shape index (κ1) is 20.5. The van der Waals surface area contributed by atoms with Gasteiger partial charge >= 0.3 is 0 Å². The summed E-state index contributed by atoms with van der Waals surface area (Å²) in [7, 11) is -3.49. The van der Waals surface area contributed by atoms with Crippen molar-refractivity contribution in [2.24, 2.45) is 0 Å². The molecule has 2 aliphatic rings. The van der Waals surface area contributed by atoms with Crippen molar-refractivity contribution in [2.75, 3.05) is 39.3 Å². The lowest BCUT2D eigenvalue weighted by molar-refractivity contribution is 0.113. The van der Waals surface area contributed by atoms with Crippen LogP contribution in [0.15, 0.2) is 17.0 Å². The molecule has 0 radical (unpaired) electrons. The Kier molecular flexibility index (Phi) is 6.40. The second-order valence-corrected chi connectivity index (χ2v) is 9.70. The SMILES string of the molecule is Cc1cc(C)c(S(=O)(=O)N2CCN(C(=S)NC[C@@H]3CCCO3)CC2)c(C)c1. The monoisotopic (exact) mass is 411 g/mol. The van der Waals surface area contributed by atoms with E-state index in [9.17, 15) is 8.42 Å². The highest BCUT2D eigenvalue weighted by atomic mass is 32.2. The lowest BCUT2D eigenvalue weighted by Crippen LogP contribution is -2.53. The van der Waals surface area contributed by atoms with E-state index in [0.717, 1.165) is 42.7 Å². The smallest absolute Gasteiger partial charge is 0.243 e. The molecule has 0 spiro atoms. The molecule has 0 aliphatic carbocycles. The zero-order valence-corrected chi connectivity index (χ0v) is 18.0. The summed E-state index contributed by atoms with van der Waals surface area (Å²) in [5.41, 5.74) is 2.70. The molecule has 0 unspecified atom stereocenters. The maximum Gasteiger partial charge on any atom is 0.243 e. The molecule has 1 N–H and O–H groups in total. The number of benzene rings is 1. The normalized spacial score (nSPS) is 21.4. The Bertz CT molecular complexity index is 773. The molecule has 2 aliphatic heterocycles. The molecule has 150 valence electrons. The predicted octanol–water partition coefficient (Wildman–Crippen LogP) is 1.97. The van der Waals surface area contributed by atoms with Crippen LogP contribution in [0, 0.1) is 20.8 Å². The fraction of sp³-hybridized carbons (Fsp3) is 0.632. The number of sulfonamides is 1. The van der Waals surface area contributed by atoms with E-state index < -0.39 is 10.0 Å². The van der Waals surface area contributed by atoms with Crippen molar-refractivity contribution >= 4 is 27.4 Å². The van der Waals surface area contributed by atoms with Gasteiger partial charge in [-0.15, -0.1) is 0 Å². The molecular formula is C19H29N3O3S2. The number of nitrogens with zero attached hydrogens (tertiary/aromatic N) is 2. The van der Waals surface area contributed by atoms with Gasteiger partial charge in [0.15, 0.2) is 5.11 Å². The van der Waals surface area contributed by atoms with E-state index in [4.69, 9.17) is 17.0 Å². The van der Waals surface area contributed by atoms with E-state index >= 15 is 0 Å². The molecule has 1 aromatic carbocycles. The Morgan fingerprint density at radius 2 is 1.81 bits per heavy atom. The molecule has 0 bridgehead atoms. The van der Waals surface area contributed by atoms with Gasteiger partial charge in [0, 0.05) is 39.3 Å². The van der Waals surface area contributed by atoms with Crippen LogP contribution in [0.25, 0.3) is 0 Å². The summed E-state index contributed by atoms with van der Waals surface area (Å²) in [6.45, 7) is 9.35. The third-order valence-corrected chi connectivity index (χ3v) is 7.84. The van der Waals surface area contributed by atoms with Crippen molar-refractivity contribution in [1.82, 2.24) is 14.5 Å². The number of thiocarbonyl (C=S) groups is 1. The summed E-state index contributed by atoms with van der Waals surface area (Å²) >= 11 is 5.48. The van der Waals surface area contributed by atoms with Gasteiger partial charge in [-0.1, -0.05) is 17.7 Å². The molecule has 2 heterocycles. The number of piperazine rings is 1. The van der Waals surface area contributed by atoms with Crippen LogP contribution in [0.1, 0.15) is 29.5 Å². The van der Waals surface area contributed by atoms with E-state index in [-0.39, 0.29) is 6.10 Å². The number of hydrogen-bond donors (Lipinski definition) is 1. The molecule has 0 aromatic heterocycles. The number of ether oxygens (including phenoxy) is 1. The third-order valence-electron chi connectivity index (χ3n) is 5.23. The summed E-state index contributed by atoms with van der Waals surface area (Å²) < 4.78 is 33.5. The van der Waals surface area contributed by atoms with Gasteiger partial charge < -0.3 is 15.0 Å². The molecule has 0 amide bonds. The largest absolute Gasteiger partial charge is 0.376 e.